The highest BCUT2D eigenvalue weighted by Gasteiger charge is 2.13. The predicted octanol–water partition coefficient (Wildman–Crippen LogP) is 4.57. The summed E-state index contributed by atoms with van der Waals surface area (Å²) in [6, 6.07) is 10.8. The normalized spacial score (nSPS) is 10.4. The first-order valence-corrected chi connectivity index (χ1v) is 8.93. The van der Waals surface area contributed by atoms with E-state index in [0.717, 1.165) is 30.4 Å². The number of halogens is 1. The third-order valence-electron chi connectivity index (χ3n) is 4.21. The van der Waals surface area contributed by atoms with Crippen molar-refractivity contribution in [1.82, 2.24) is 9.97 Å². The Morgan fingerprint density at radius 3 is 2.89 bits per heavy atom. The summed E-state index contributed by atoms with van der Waals surface area (Å²) >= 11 is 6.05. The van der Waals surface area contributed by atoms with Crippen LogP contribution in [0.5, 0.6) is 11.5 Å². The first-order chi connectivity index (χ1) is 13.1. The van der Waals surface area contributed by atoms with Crippen LogP contribution < -0.4 is 10.3 Å². The summed E-state index contributed by atoms with van der Waals surface area (Å²) in [5.41, 5.74) is 2.75. The molecule has 0 aliphatic carbocycles. The molecule has 0 spiro atoms. The second-order valence-electron chi connectivity index (χ2n) is 6.20. The summed E-state index contributed by atoms with van der Waals surface area (Å²) in [5.74, 6) is 0.942. The summed E-state index contributed by atoms with van der Waals surface area (Å²) < 4.78 is 5.98. The van der Waals surface area contributed by atoms with Gasteiger partial charge in [-0.25, -0.2) is 0 Å². The predicted molar refractivity (Wildman–Crippen MR) is 104 cm³/mol. The Kier molecular flexibility index (Phi) is 5.90. The number of aromatic nitrogens is 2. The van der Waals surface area contributed by atoms with E-state index in [9.17, 15) is 4.79 Å². The Bertz CT molecular complexity index is 1040. The van der Waals surface area contributed by atoms with Crippen molar-refractivity contribution in [2.45, 2.75) is 26.2 Å². The summed E-state index contributed by atoms with van der Waals surface area (Å²) in [7, 11) is 0. The zero-order chi connectivity index (χ0) is 19.2. The molecule has 0 fully saturated rings. The molecule has 0 saturated heterocycles. The van der Waals surface area contributed by atoms with Crippen LogP contribution in [0.15, 0.2) is 53.7 Å². The number of ether oxygens (including phenoxy) is 1. The number of hydrogen-bond donors (Lipinski definition) is 1. The Balaban J connectivity index is 1.83. The molecule has 2 heterocycles. The molecule has 0 aliphatic heterocycles. The van der Waals surface area contributed by atoms with Gasteiger partial charge in [0, 0.05) is 29.2 Å². The number of pyridine rings is 2. The number of H-pyrrole nitrogens is 1. The Hall–Kier alpha value is -3.10. The summed E-state index contributed by atoms with van der Waals surface area (Å²) in [6.07, 6.45) is 7.77. The van der Waals surface area contributed by atoms with Gasteiger partial charge >= 0.3 is 0 Å². The van der Waals surface area contributed by atoms with E-state index in [-0.39, 0.29) is 5.56 Å². The smallest absolute Gasteiger partial charge is 0.254 e. The molecule has 0 aliphatic rings. The van der Waals surface area contributed by atoms with Gasteiger partial charge in [0.15, 0.2) is 0 Å². The molecule has 5 nitrogen and oxygen atoms in total. The number of nitrogens with zero attached hydrogens (tertiary/aromatic N) is 2. The standard InChI is InChI=1S/C21H18ClN3O2/c1-14-20(27-19-9-16(11-23)8-18(22)10-19)17(13-25-21(14)26)6-2-4-15-5-3-7-24-12-15/h3,5,7-10,12-13H,2,4,6H2,1H3,(H,25,26). The van der Waals surface area contributed by atoms with Gasteiger partial charge in [-0.2, -0.15) is 5.26 Å². The Morgan fingerprint density at radius 2 is 2.15 bits per heavy atom. The first kappa shape index (κ1) is 18.7. The zero-order valence-corrected chi connectivity index (χ0v) is 15.6. The highest BCUT2D eigenvalue weighted by Crippen LogP contribution is 2.30. The van der Waals surface area contributed by atoms with Gasteiger partial charge in [-0.05, 0) is 56.0 Å². The van der Waals surface area contributed by atoms with Gasteiger partial charge in [-0.3, -0.25) is 9.78 Å². The van der Waals surface area contributed by atoms with E-state index in [1.165, 1.54) is 0 Å². The van der Waals surface area contributed by atoms with Crippen LogP contribution >= 0.6 is 11.6 Å². The van der Waals surface area contributed by atoms with E-state index < -0.39 is 0 Å². The average Bonchev–Trinajstić information content (AvgIpc) is 2.67. The third kappa shape index (κ3) is 4.75. The lowest BCUT2D eigenvalue weighted by Gasteiger charge is -2.14. The molecule has 1 N–H and O–H groups in total. The zero-order valence-electron chi connectivity index (χ0n) is 14.8. The fourth-order valence-corrected chi connectivity index (χ4v) is 3.06. The number of aryl methyl sites for hydroxylation is 2. The fraction of sp³-hybridized carbons (Fsp3) is 0.190. The van der Waals surface area contributed by atoms with E-state index in [2.05, 4.69) is 9.97 Å². The number of nitriles is 1. The lowest BCUT2D eigenvalue weighted by Crippen LogP contribution is -2.12. The topological polar surface area (TPSA) is 78.8 Å². The van der Waals surface area contributed by atoms with Crippen molar-refractivity contribution in [2.24, 2.45) is 0 Å². The van der Waals surface area contributed by atoms with Crippen molar-refractivity contribution in [3.63, 3.8) is 0 Å². The van der Waals surface area contributed by atoms with Crippen LogP contribution in [0.3, 0.4) is 0 Å². The lowest BCUT2D eigenvalue weighted by molar-refractivity contribution is 0.469. The number of aromatic amines is 1. The minimum absolute atomic E-state index is 0.205. The fourth-order valence-electron chi connectivity index (χ4n) is 2.83. The summed E-state index contributed by atoms with van der Waals surface area (Å²) in [5, 5.41) is 9.51. The van der Waals surface area contributed by atoms with E-state index in [0.29, 0.717) is 27.6 Å². The first-order valence-electron chi connectivity index (χ1n) is 8.55. The molecule has 3 rings (SSSR count). The van der Waals surface area contributed by atoms with Crippen LogP contribution in [0.1, 0.15) is 28.7 Å². The molecule has 6 heteroatoms. The molecule has 0 bridgehead atoms. The van der Waals surface area contributed by atoms with E-state index >= 15 is 0 Å². The van der Waals surface area contributed by atoms with Crippen LogP contribution in [0.25, 0.3) is 0 Å². The van der Waals surface area contributed by atoms with Crippen LogP contribution in [0.2, 0.25) is 5.02 Å². The van der Waals surface area contributed by atoms with Crippen molar-refractivity contribution in [3.05, 3.63) is 86.6 Å². The second-order valence-corrected chi connectivity index (χ2v) is 6.64. The molecule has 1 aromatic carbocycles. The van der Waals surface area contributed by atoms with E-state index in [1.54, 1.807) is 37.5 Å². The molecular weight excluding hydrogens is 362 g/mol. The average molecular weight is 380 g/mol. The largest absolute Gasteiger partial charge is 0.456 e. The van der Waals surface area contributed by atoms with Gasteiger partial charge in [0.2, 0.25) is 0 Å². The minimum Gasteiger partial charge on any atom is -0.456 e. The third-order valence-corrected chi connectivity index (χ3v) is 4.42. The maximum Gasteiger partial charge on any atom is 0.254 e. The van der Waals surface area contributed by atoms with Gasteiger partial charge in [0.05, 0.1) is 17.2 Å². The maximum atomic E-state index is 12.0. The van der Waals surface area contributed by atoms with Crippen LogP contribution in [-0.2, 0) is 12.8 Å². The SMILES string of the molecule is Cc1c(Oc2cc(Cl)cc(C#N)c2)c(CCCc2cccnc2)c[nH]c1=O. The molecule has 3 aromatic rings. The molecule has 0 atom stereocenters. The van der Waals surface area contributed by atoms with Crippen molar-refractivity contribution in [3.8, 4) is 17.6 Å². The monoisotopic (exact) mass is 379 g/mol. The van der Waals surface area contributed by atoms with Crippen molar-refractivity contribution in [1.29, 1.82) is 5.26 Å². The molecular formula is C21H18ClN3O2. The molecule has 27 heavy (non-hydrogen) atoms. The van der Waals surface area contributed by atoms with Crippen LogP contribution in [0.4, 0.5) is 0 Å². The van der Waals surface area contributed by atoms with Crippen molar-refractivity contribution < 1.29 is 4.74 Å². The lowest BCUT2D eigenvalue weighted by atomic mass is 10.0. The number of nitrogens with one attached hydrogen (secondary N) is 1. The Labute approximate surface area is 162 Å². The van der Waals surface area contributed by atoms with Crippen LogP contribution in [0, 0.1) is 18.3 Å². The van der Waals surface area contributed by atoms with Crippen molar-refractivity contribution in [2.75, 3.05) is 0 Å². The van der Waals surface area contributed by atoms with Gasteiger partial charge in [-0.1, -0.05) is 17.7 Å². The minimum atomic E-state index is -0.205. The molecule has 0 radical (unpaired) electrons. The maximum absolute atomic E-state index is 12.0. The number of benzene rings is 1. The summed E-state index contributed by atoms with van der Waals surface area (Å²) in [4.78, 5) is 18.9. The second kappa shape index (κ2) is 8.52. The van der Waals surface area contributed by atoms with Gasteiger partial charge in [0.25, 0.3) is 5.56 Å². The molecule has 0 saturated carbocycles. The van der Waals surface area contributed by atoms with Gasteiger partial charge in [-0.15, -0.1) is 0 Å². The summed E-state index contributed by atoms with van der Waals surface area (Å²) in [6.45, 7) is 1.72. The van der Waals surface area contributed by atoms with E-state index in [4.69, 9.17) is 21.6 Å². The van der Waals surface area contributed by atoms with Crippen LogP contribution in [-0.4, -0.2) is 9.97 Å². The molecule has 0 unspecified atom stereocenters. The molecule has 0 amide bonds. The number of hydrogen-bond acceptors (Lipinski definition) is 4. The molecule has 136 valence electrons. The Morgan fingerprint density at radius 1 is 1.30 bits per heavy atom. The molecule has 2 aromatic heterocycles. The van der Waals surface area contributed by atoms with E-state index in [1.807, 2.05) is 24.4 Å². The van der Waals surface area contributed by atoms with Gasteiger partial charge in [0.1, 0.15) is 11.5 Å². The number of rotatable bonds is 6. The van der Waals surface area contributed by atoms with Crippen molar-refractivity contribution >= 4 is 11.6 Å². The van der Waals surface area contributed by atoms with Gasteiger partial charge < -0.3 is 9.72 Å². The highest BCUT2D eigenvalue weighted by atomic mass is 35.5. The quantitative estimate of drug-likeness (QED) is 0.680. The highest BCUT2D eigenvalue weighted by molar-refractivity contribution is 6.30.